The zero-order valence-corrected chi connectivity index (χ0v) is 12.4. The van der Waals surface area contributed by atoms with Crippen molar-refractivity contribution in [2.45, 2.75) is 62.1 Å². The summed E-state index contributed by atoms with van der Waals surface area (Å²) in [7, 11) is 0. The molecule has 4 heteroatoms. The van der Waals surface area contributed by atoms with Gasteiger partial charge >= 0.3 is 5.97 Å². The van der Waals surface area contributed by atoms with E-state index in [9.17, 15) is 9.90 Å². The first-order valence-electron chi connectivity index (χ1n) is 5.93. The average molecular weight is 340 g/mol. The molecule has 0 radical (unpaired) electrons. The Balaban J connectivity index is 2.57. The lowest BCUT2D eigenvalue weighted by molar-refractivity contribution is -0.153. The summed E-state index contributed by atoms with van der Waals surface area (Å²) in [4.78, 5) is 11.7. The number of halogens is 1. The van der Waals surface area contributed by atoms with Crippen molar-refractivity contribution in [3.8, 4) is 0 Å². The lowest BCUT2D eigenvalue weighted by Gasteiger charge is -2.30. The first kappa shape index (κ1) is 14.2. The Labute approximate surface area is 111 Å². The Morgan fingerprint density at radius 1 is 1.56 bits per heavy atom. The van der Waals surface area contributed by atoms with Crippen molar-refractivity contribution in [1.29, 1.82) is 0 Å². The van der Waals surface area contributed by atoms with E-state index in [0.29, 0.717) is 0 Å². The zero-order chi connectivity index (χ0) is 12.3. The van der Waals surface area contributed by atoms with Gasteiger partial charge in [-0.25, -0.2) is 0 Å². The molecule has 1 fully saturated rings. The van der Waals surface area contributed by atoms with Crippen LogP contribution in [0.4, 0.5) is 0 Å². The van der Waals surface area contributed by atoms with Crippen LogP contribution in [0.15, 0.2) is 0 Å². The molecule has 0 aromatic rings. The molecule has 0 aromatic heterocycles. The van der Waals surface area contributed by atoms with Gasteiger partial charge in [-0.1, -0.05) is 29.5 Å². The number of rotatable bonds is 4. The summed E-state index contributed by atoms with van der Waals surface area (Å²) in [6.45, 7) is 5.57. The van der Waals surface area contributed by atoms with E-state index < -0.39 is 5.60 Å². The van der Waals surface area contributed by atoms with Crippen LogP contribution < -0.4 is 0 Å². The van der Waals surface area contributed by atoms with Crippen LogP contribution in [0.25, 0.3) is 0 Å². The van der Waals surface area contributed by atoms with Crippen LogP contribution in [0.1, 0.15) is 46.5 Å². The monoisotopic (exact) mass is 340 g/mol. The molecular weight excluding hydrogens is 319 g/mol. The van der Waals surface area contributed by atoms with Crippen molar-refractivity contribution < 1.29 is 14.6 Å². The predicted molar refractivity (Wildman–Crippen MR) is 71.6 cm³/mol. The molecule has 3 atom stereocenters. The Bertz CT molecular complexity index is 247. The van der Waals surface area contributed by atoms with Gasteiger partial charge in [0.05, 0.1) is 5.60 Å². The molecule has 1 N–H and O–H groups in total. The smallest absolute Gasteiger partial charge is 0.319 e. The van der Waals surface area contributed by atoms with E-state index in [1.165, 1.54) is 0 Å². The highest BCUT2D eigenvalue weighted by Gasteiger charge is 2.40. The van der Waals surface area contributed by atoms with Crippen LogP contribution in [-0.4, -0.2) is 26.7 Å². The molecular formula is C12H21IO3. The maximum atomic E-state index is 11.7. The van der Waals surface area contributed by atoms with Gasteiger partial charge < -0.3 is 9.84 Å². The molecule has 1 aliphatic carbocycles. The fourth-order valence-electron chi connectivity index (χ4n) is 2.26. The van der Waals surface area contributed by atoms with E-state index in [1.54, 1.807) is 13.8 Å². The lowest BCUT2D eigenvalue weighted by Crippen LogP contribution is -2.39. The van der Waals surface area contributed by atoms with E-state index in [4.69, 9.17) is 4.74 Å². The first-order chi connectivity index (χ1) is 7.36. The quantitative estimate of drug-likeness (QED) is 0.486. The van der Waals surface area contributed by atoms with Gasteiger partial charge in [0.25, 0.3) is 0 Å². The Kier molecular flexibility index (Phi) is 5.04. The third-order valence-corrected chi connectivity index (χ3v) is 4.63. The standard InChI is InChI=1S/C12H21IO3/c1-4-9(13)11(14)16-10-7-5-6-8(10)12(2,3)15/h8-10,15H,4-7H2,1-3H3. The molecule has 0 aliphatic heterocycles. The Morgan fingerprint density at radius 2 is 2.19 bits per heavy atom. The van der Waals surface area contributed by atoms with Gasteiger partial charge in [-0.05, 0) is 39.5 Å². The SMILES string of the molecule is CCC(I)C(=O)OC1CCCC1C(C)(C)O. The van der Waals surface area contributed by atoms with E-state index in [2.05, 4.69) is 22.6 Å². The number of alkyl halides is 1. The summed E-state index contributed by atoms with van der Waals surface area (Å²) < 4.78 is 5.43. The third kappa shape index (κ3) is 3.58. The number of ether oxygens (including phenoxy) is 1. The van der Waals surface area contributed by atoms with Crippen LogP contribution in [0.2, 0.25) is 0 Å². The zero-order valence-electron chi connectivity index (χ0n) is 10.2. The molecule has 0 heterocycles. The van der Waals surface area contributed by atoms with E-state index >= 15 is 0 Å². The van der Waals surface area contributed by atoms with Gasteiger partial charge in [0.2, 0.25) is 0 Å². The molecule has 16 heavy (non-hydrogen) atoms. The Hall–Kier alpha value is 0.160. The second-order valence-corrected chi connectivity index (χ2v) is 6.55. The fourth-order valence-corrected chi connectivity index (χ4v) is 2.41. The van der Waals surface area contributed by atoms with E-state index in [-0.39, 0.29) is 21.9 Å². The summed E-state index contributed by atoms with van der Waals surface area (Å²) in [6, 6.07) is 0. The van der Waals surface area contributed by atoms with Gasteiger partial charge in [0.15, 0.2) is 0 Å². The number of aliphatic hydroxyl groups is 1. The summed E-state index contributed by atoms with van der Waals surface area (Å²) >= 11 is 2.11. The number of carbonyl (C=O) groups excluding carboxylic acids is 1. The van der Waals surface area contributed by atoms with Crippen LogP contribution in [0.3, 0.4) is 0 Å². The normalized spacial score (nSPS) is 27.8. The van der Waals surface area contributed by atoms with E-state index in [1.807, 2.05) is 6.92 Å². The molecule has 3 nitrogen and oxygen atoms in total. The van der Waals surface area contributed by atoms with Crippen molar-refractivity contribution >= 4 is 28.6 Å². The minimum atomic E-state index is -0.756. The van der Waals surface area contributed by atoms with Crippen molar-refractivity contribution in [3.63, 3.8) is 0 Å². The summed E-state index contributed by atoms with van der Waals surface area (Å²) in [5.41, 5.74) is -0.756. The second-order valence-electron chi connectivity index (χ2n) is 5.04. The van der Waals surface area contributed by atoms with E-state index in [0.717, 1.165) is 25.7 Å². The Morgan fingerprint density at radius 3 is 2.69 bits per heavy atom. The minimum absolute atomic E-state index is 0.0688. The third-order valence-electron chi connectivity index (χ3n) is 3.24. The van der Waals surface area contributed by atoms with Crippen LogP contribution in [0, 0.1) is 5.92 Å². The molecule has 0 bridgehead atoms. The van der Waals surface area contributed by atoms with Crippen LogP contribution in [0.5, 0.6) is 0 Å². The van der Waals surface area contributed by atoms with Gasteiger partial charge in [-0.2, -0.15) is 0 Å². The number of hydrogen-bond donors (Lipinski definition) is 1. The molecule has 0 spiro atoms. The summed E-state index contributed by atoms with van der Waals surface area (Å²) in [5.74, 6) is -0.0545. The fraction of sp³-hybridized carbons (Fsp3) is 0.917. The molecule has 0 amide bonds. The topological polar surface area (TPSA) is 46.5 Å². The van der Waals surface area contributed by atoms with Gasteiger partial charge in [0, 0.05) is 5.92 Å². The minimum Gasteiger partial charge on any atom is -0.461 e. The van der Waals surface area contributed by atoms with Crippen molar-refractivity contribution in [3.05, 3.63) is 0 Å². The average Bonchev–Trinajstić information content (AvgIpc) is 2.63. The molecule has 3 unspecified atom stereocenters. The molecule has 1 aliphatic rings. The highest BCUT2D eigenvalue weighted by atomic mass is 127. The van der Waals surface area contributed by atoms with Crippen molar-refractivity contribution in [2.75, 3.05) is 0 Å². The van der Waals surface area contributed by atoms with Gasteiger partial charge in [0.1, 0.15) is 10.0 Å². The highest BCUT2D eigenvalue weighted by molar-refractivity contribution is 14.1. The van der Waals surface area contributed by atoms with Crippen LogP contribution in [-0.2, 0) is 9.53 Å². The second kappa shape index (κ2) is 5.67. The molecule has 0 saturated heterocycles. The molecule has 0 aromatic carbocycles. The summed E-state index contributed by atoms with van der Waals surface area (Å²) in [5, 5.41) is 10.0. The largest absolute Gasteiger partial charge is 0.461 e. The maximum absolute atomic E-state index is 11.7. The number of hydrogen-bond acceptors (Lipinski definition) is 3. The molecule has 1 rings (SSSR count). The van der Waals surface area contributed by atoms with Crippen LogP contribution >= 0.6 is 22.6 Å². The van der Waals surface area contributed by atoms with Crippen molar-refractivity contribution in [2.24, 2.45) is 5.92 Å². The predicted octanol–water partition coefficient (Wildman–Crippen LogP) is 2.68. The number of carbonyl (C=O) groups is 1. The first-order valence-corrected chi connectivity index (χ1v) is 7.17. The lowest BCUT2D eigenvalue weighted by atomic mass is 9.88. The van der Waals surface area contributed by atoms with Crippen molar-refractivity contribution in [1.82, 2.24) is 0 Å². The highest BCUT2D eigenvalue weighted by Crippen LogP contribution is 2.36. The molecule has 94 valence electrons. The van der Waals surface area contributed by atoms with Gasteiger partial charge in [-0.15, -0.1) is 0 Å². The maximum Gasteiger partial charge on any atom is 0.319 e. The van der Waals surface area contributed by atoms with Gasteiger partial charge in [-0.3, -0.25) is 4.79 Å². The summed E-state index contributed by atoms with van der Waals surface area (Å²) in [6.07, 6.45) is 3.55. The molecule has 1 saturated carbocycles. The number of esters is 1.